The van der Waals surface area contributed by atoms with Gasteiger partial charge in [0.05, 0.1) is 18.8 Å². The maximum Gasteiger partial charge on any atom is 0.273 e. The van der Waals surface area contributed by atoms with E-state index >= 15 is 0 Å². The van der Waals surface area contributed by atoms with E-state index in [1.54, 1.807) is 16.9 Å². The van der Waals surface area contributed by atoms with Gasteiger partial charge in [-0.25, -0.2) is 8.78 Å². The molecule has 29 heavy (non-hydrogen) atoms. The standard InChI is InChI=1S/C21H24F2N4O2/c1-4-14(22)9-17(23)13(3)12-27-20-8-6-7-18(16(20)11-24-27)25-21(28)19-10-15(5-2)29-26-19/h4,9-11,18H,3,5-8,12H2,1-2H3,(H,25,28)/b14-4+,17-9+. The van der Waals surface area contributed by atoms with Gasteiger partial charge in [0.25, 0.3) is 5.91 Å². The summed E-state index contributed by atoms with van der Waals surface area (Å²) in [6.07, 6.45) is 6.70. The Morgan fingerprint density at radius 3 is 2.97 bits per heavy atom. The number of aryl methyl sites for hydroxylation is 1. The lowest BCUT2D eigenvalue weighted by Crippen LogP contribution is -2.31. The number of fused-ring (bicyclic) bond motifs is 1. The molecule has 0 saturated carbocycles. The lowest BCUT2D eigenvalue weighted by molar-refractivity contribution is 0.0923. The molecule has 1 aliphatic carbocycles. The molecule has 0 aromatic carbocycles. The first-order chi connectivity index (χ1) is 13.9. The summed E-state index contributed by atoms with van der Waals surface area (Å²) in [4.78, 5) is 12.5. The first-order valence-corrected chi connectivity index (χ1v) is 9.61. The number of hydrogen-bond donors (Lipinski definition) is 1. The summed E-state index contributed by atoms with van der Waals surface area (Å²) in [7, 11) is 0. The van der Waals surface area contributed by atoms with Crippen LogP contribution in [0.1, 0.15) is 60.2 Å². The summed E-state index contributed by atoms with van der Waals surface area (Å²) in [6, 6.07) is 1.42. The molecule has 0 radical (unpaired) electrons. The molecule has 2 aromatic rings. The summed E-state index contributed by atoms with van der Waals surface area (Å²) < 4.78 is 34.1. The lowest BCUT2D eigenvalue weighted by Gasteiger charge is -2.24. The second-order valence-corrected chi connectivity index (χ2v) is 6.92. The van der Waals surface area contributed by atoms with Crippen LogP contribution in [-0.2, 0) is 19.4 Å². The average molecular weight is 402 g/mol. The quantitative estimate of drug-likeness (QED) is 0.691. The fourth-order valence-electron chi connectivity index (χ4n) is 3.29. The fourth-order valence-corrected chi connectivity index (χ4v) is 3.29. The van der Waals surface area contributed by atoms with Gasteiger partial charge in [0.1, 0.15) is 17.4 Å². The maximum atomic E-state index is 14.1. The molecular weight excluding hydrogens is 378 g/mol. The summed E-state index contributed by atoms with van der Waals surface area (Å²) in [5.41, 5.74) is 2.18. The number of allylic oxidation sites excluding steroid dienone is 5. The minimum absolute atomic E-state index is 0.110. The predicted molar refractivity (Wildman–Crippen MR) is 104 cm³/mol. The first kappa shape index (κ1) is 20.7. The second-order valence-electron chi connectivity index (χ2n) is 6.92. The van der Waals surface area contributed by atoms with E-state index in [9.17, 15) is 13.6 Å². The van der Waals surface area contributed by atoms with Crippen molar-refractivity contribution in [1.29, 1.82) is 0 Å². The number of amides is 1. The number of rotatable bonds is 7. The number of nitrogens with one attached hydrogen (secondary N) is 1. The van der Waals surface area contributed by atoms with Crippen molar-refractivity contribution in [1.82, 2.24) is 20.3 Å². The van der Waals surface area contributed by atoms with E-state index in [1.165, 1.54) is 13.0 Å². The lowest BCUT2D eigenvalue weighted by atomic mass is 9.92. The van der Waals surface area contributed by atoms with Crippen molar-refractivity contribution in [3.8, 4) is 0 Å². The normalized spacial score (nSPS) is 17.2. The van der Waals surface area contributed by atoms with Gasteiger partial charge in [-0.2, -0.15) is 5.10 Å². The van der Waals surface area contributed by atoms with Gasteiger partial charge < -0.3 is 9.84 Å². The molecule has 1 aliphatic rings. The second kappa shape index (κ2) is 8.98. The van der Waals surface area contributed by atoms with Crippen molar-refractivity contribution in [2.75, 3.05) is 0 Å². The van der Waals surface area contributed by atoms with Crippen LogP contribution >= 0.6 is 0 Å². The van der Waals surface area contributed by atoms with E-state index in [-0.39, 0.29) is 29.8 Å². The van der Waals surface area contributed by atoms with Crippen LogP contribution in [0, 0.1) is 0 Å². The highest BCUT2D eigenvalue weighted by atomic mass is 19.1. The Balaban J connectivity index is 1.73. The third-order valence-corrected chi connectivity index (χ3v) is 4.93. The van der Waals surface area contributed by atoms with Crippen LogP contribution in [0.4, 0.5) is 8.78 Å². The maximum absolute atomic E-state index is 14.1. The van der Waals surface area contributed by atoms with Crippen molar-refractivity contribution >= 4 is 5.91 Å². The van der Waals surface area contributed by atoms with Crippen LogP contribution in [0.15, 0.2) is 52.7 Å². The van der Waals surface area contributed by atoms with Crippen LogP contribution < -0.4 is 5.32 Å². The minimum Gasteiger partial charge on any atom is -0.361 e. The molecule has 6 nitrogen and oxygen atoms in total. The molecule has 3 rings (SSSR count). The largest absolute Gasteiger partial charge is 0.361 e. The monoisotopic (exact) mass is 402 g/mol. The number of aromatic nitrogens is 3. The third-order valence-electron chi connectivity index (χ3n) is 4.93. The van der Waals surface area contributed by atoms with Gasteiger partial charge in [-0.1, -0.05) is 24.7 Å². The predicted octanol–water partition coefficient (Wildman–Crippen LogP) is 4.52. The Labute approximate surface area is 168 Å². The topological polar surface area (TPSA) is 73.0 Å². The molecule has 0 spiro atoms. The highest BCUT2D eigenvalue weighted by Crippen LogP contribution is 2.30. The SMILES string of the molecule is C=C(Cn1ncc2c1CCCC2NC(=O)c1cc(CC)on1)/C(F)=C\C(F)=C/C. The summed E-state index contributed by atoms with van der Waals surface area (Å²) in [5.74, 6) is -1.04. The molecule has 8 heteroatoms. The van der Waals surface area contributed by atoms with Crippen LogP contribution in [-0.4, -0.2) is 20.8 Å². The van der Waals surface area contributed by atoms with E-state index in [0.717, 1.165) is 36.6 Å². The van der Waals surface area contributed by atoms with Crippen molar-refractivity contribution in [2.24, 2.45) is 0 Å². The zero-order valence-electron chi connectivity index (χ0n) is 16.5. The van der Waals surface area contributed by atoms with Crippen molar-refractivity contribution in [2.45, 2.75) is 52.1 Å². The van der Waals surface area contributed by atoms with Gasteiger partial charge in [0.15, 0.2) is 5.69 Å². The Kier molecular flexibility index (Phi) is 6.41. The zero-order chi connectivity index (χ0) is 21.0. The van der Waals surface area contributed by atoms with Crippen molar-refractivity contribution in [3.05, 3.63) is 70.9 Å². The Hall–Kier alpha value is -3.03. The molecule has 154 valence electrons. The van der Waals surface area contributed by atoms with E-state index in [1.807, 2.05) is 6.92 Å². The summed E-state index contributed by atoms with van der Waals surface area (Å²) >= 11 is 0. The molecule has 0 saturated heterocycles. The number of halogens is 2. The van der Waals surface area contributed by atoms with Gasteiger partial charge in [-0.3, -0.25) is 9.48 Å². The third kappa shape index (κ3) is 4.70. The van der Waals surface area contributed by atoms with Gasteiger partial charge in [-0.05, 0) is 26.2 Å². The van der Waals surface area contributed by atoms with Crippen molar-refractivity contribution < 1.29 is 18.1 Å². The van der Waals surface area contributed by atoms with Gasteiger partial charge in [-0.15, -0.1) is 0 Å². The van der Waals surface area contributed by atoms with Crippen LogP contribution in [0.25, 0.3) is 0 Å². The summed E-state index contributed by atoms with van der Waals surface area (Å²) in [5, 5.41) is 11.1. The molecule has 2 aromatic heterocycles. The number of hydrogen-bond acceptors (Lipinski definition) is 4. The smallest absolute Gasteiger partial charge is 0.273 e. The van der Waals surface area contributed by atoms with E-state index in [0.29, 0.717) is 12.2 Å². The Bertz CT molecular complexity index is 971. The Morgan fingerprint density at radius 2 is 2.28 bits per heavy atom. The van der Waals surface area contributed by atoms with E-state index in [4.69, 9.17) is 4.52 Å². The number of nitrogens with zero attached hydrogens (tertiary/aromatic N) is 3. The number of carbonyl (C=O) groups excluding carboxylic acids is 1. The molecule has 2 heterocycles. The molecule has 0 bridgehead atoms. The minimum atomic E-state index is -0.719. The highest BCUT2D eigenvalue weighted by molar-refractivity contribution is 5.92. The highest BCUT2D eigenvalue weighted by Gasteiger charge is 2.27. The molecule has 0 fully saturated rings. The molecular formula is C21H24F2N4O2. The summed E-state index contributed by atoms with van der Waals surface area (Å²) in [6.45, 7) is 7.21. The van der Waals surface area contributed by atoms with Gasteiger partial charge in [0, 0.05) is 35.4 Å². The van der Waals surface area contributed by atoms with Crippen LogP contribution in [0.5, 0.6) is 0 Å². The van der Waals surface area contributed by atoms with E-state index < -0.39 is 11.7 Å². The molecule has 1 unspecified atom stereocenters. The fraction of sp³-hybridized carbons (Fsp3) is 0.381. The molecule has 1 atom stereocenters. The molecule has 1 N–H and O–H groups in total. The van der Waals surface area contributed by atoms with Crippen molar-refractivity contribution in [3.63, 3.8) is 0 Å². The first-order valence-electron chi connectivity index (χ1n) is 9.61. The number of carbonyl (C=O) groups is 1. The zero-order valence-corrected chi connectivity index (χ0v) is 16.5. The van der Waals surface area contributed by atoms with Gasteiger partial charge >= 0.3 is 0 Å². The average Bonchev–Trinajstić information content (AvgIpc) is 3.35. The Morgan fingerprint density at radius 1 is 1.48 bits per heavy atom. The molecule has 0 aliphatic heterocycles. The van der Waals surface area contributed by atoms with Gasteiger partial charge in [0.2, 0.25) is 0 Å². The van der Waals surface area contributed by atoms with E-state index in [2.05, 4.69) is 22.2 Å². The van der Waals surface area contributed by atoms with Crippen LogP contribution in [0.3, 0.4) is 0 Å². The van der Waals surface area contributed by atoms with Crippen LogP contribution in [0.2, 0.25) is 0 Å². The molecule has 1 amide bonds.